The lowest BCUT2D eigenvalue weighted by Gasteiger charge is -2.21. The Kier molecular flexibility index (Phi) is 4.72. The molecule has 1 atom stereocenters. The van der Waals surface area contributed by atoms with E-state index in [9.17, 15) is 4.79 Å². The van der Waals surface area contributed by atoms with Gasteiger partial charge in [0.25, 0.3) is 0 Å². The van der Waals surface area contributed by atoms with Gasteiger partial charge in [0.05, 0.1) is 6.33 Å². The molecule has 0 fully saturated rings. The summed E-state index contributed by atoms with van der Waals surface area (Å²) >= 11 is 0. The fourth-order valence-corrected chi connectivity index (χ4v) is 1.93. The first-order valence-corrected chi connectivity index (χ1v) is 7.04. The van der Waals surface area contributed by atoms with Gasteiger partial charge in [0.2, 0.25) is 11.8 Å². The van der Waals surface area contributed by atoms with Crippen LogP contribution >= 0.6 is 0 Å². The molecule has 1 unspecified atom stereocenters. The van der Waals surface area contributed by atoms with Crippen LogP contribution in [0.1, 0.15) is 44.4 Å². The Balaban J connectivity index is 1.88. The number of carbonyl (C=O) groups excluding carboxylic acids is 1. The molecule has 0 radical (unpaired) electrons. The summed E-state index contributed by atoms with van der Waals surface area (Å²) in [5, 5.41) is 3.92. The Bertz CT molecular complexity index is 576. The number of aromatic nitrogens is 4. The van der Waals surface area contributed by atoms with E-state index >= 15 is 0 Å². The van der Waals surface area contributed by atoms with Crippen molar-refractivity contribution in [2.24, 2.45) is 0 Å². The molecule has 2 heterocycles. The van der Waals surface area contributed by atoms with Crippen LogP contribution in [0.2, 0.25) is 0 Å². The highest BCUT2D eigenvalue weighted by molar-refractivity contribution is 5.79. The summed E-state index contributed by atoms with van der Waals surface area (Å²) < 4.78 is 6.93. The molecule has 0 aliphatic rings. The van der Waals surface area contributed by atoms with Gasteiger partial charge in [-0.2, -0.15) is 4.98 Å². The summed E-state index contributed by atoms with van der Waals surface area (Å²) in [7, 11) is 1.78. The molecule has 7 heteroatoms. The van der Waals surface area contributed by atoms with Crippen LogP contribution in [0.3, 0.4) is 0 Å². The lowest BCUT2D eigenvalue weighted by Crippen LogP contribution is -2.34. The minimum atomic E-state index is -0.269. The summed E-state index contributed by atoms with van der Waals surface area (Å²) in [6.07, 6.45) is 5.67. The summed E-state index contributed by atoms with van der Waals surface area (Å²) in [4.78, 5) is 22.2. The molecule has 0 aromatic carbocycles. The molecule has 2 aromatic rings. The smallest absolute Gasteiger partial charge is 0.245 e. The van der Waals surface area contributed by atoms with E-state index in [0.29, 0.717) is 24.7 Å². The van der Waals surface area contributed by atoms with E-state index in [1.165, 1.54) is 0 Å². The Morgan fingerprint density at radius 1 is 1.43 bits per heavy atom. The number of nitrogens with zero attached hydrogens (tertiary/aromatic N) is 5. The highest BCUT2D eigenvalue weighted by atomic mass is 16.5. The highest BCUT2D eigenvalue weighted by Crippen LogP contribution is 2.12. The van der Waals surface area contributed by atoms with Gasteiger partial charge in [-0.15, -0.1) is 0 Å². The molecule has 0 saturated heterocycles. The molecule has 114 valence electrons. The zero-order valence-corrected chi connectivity index (χ0v) is 12.9. The second-order valence-electron chi connectivity index (χ2n) is 5.40. The minimum absolute atomic E-state index is 0.0283. The topological polar surface area (TPSA) is 77.1 Å². The Morgan fingerprint density at radius 3 is 2.76 bits per heavy atom. The second kappa shape index (κ2) is 6.51. The quantitative estimate of drug-likeness (QED) is 0.808. The van der Waals surface area contributed by atoms with Crippen molar-refractivity contribution in [2.75, 3.05) is 13.6 Å². The second-order valence-corrected chi connectivity index (χ2v) is 5.40. The summed E-state index contributed by atoms with van der Waals surface area (Å²) in [6.45, 7) is 6.40. The first-order valence-electron chi connectivity index (χ1n) is 7.04. The molecule has 2 rings (SSSR count). The van der Waals surface area contributed by atoms with E-state index in [0.717, 1.165) is 0 Å². The molecule has 2 aromatic heterocycles. The predicted molar refractivity (Wildman–Crippen MR) is 76.7 cm³/mol. The molecule has 0 bridgehead atoms. The van der Waals surface area contributed by atoms with Crippen LogP contribution < -0.4 is 0 Å². The van der Waals surface area contributed by atoms with Crippen molar-refractivity contribution in [3.8, 4) is 0 Å². The average Bonchev–Trinajstić information content (AvgIpc) is 3.13. The van der Waals surface area contributed by atoms with Crippen LogP contribution in [0.15, 0.2) is 23.2 Å². The minimum Gasteiger partial charge on any atom is -0.344 e. The van der Waals surface area contributed by atoms with Crippen molar-refractivity contribution in [1.29, 1.82) is 0 Å². The lowest BCUT2D eigenvalue weighted by molar-refractivity contribution is -0.132. The third-order valence-corrected chi connectivity index (χ3v) is 3.35. The number of carbonyl (C=O) groups is 1. The fourth-order valence-electron chi connectivity index (χ4n) is 1.93. The van der Waals surface area contributed by atoms with E-state index in [1.54, 1.807) is 35.2 Å². The van der Waals surface area contributed by atoms with Gasteiger partial charge in [-0.25, -0.2) is 4.98 Å². The molecule has 7 nitrogen and oxygen atoms in total. The molecular formula is C14H21N5O2. The van der Waals surface area contributed by atoms with Gasteiger partial charge in [-0.05, 0) is 6.92 Å². The van der Waals surface area contributed by atoms with Crippen molar-refractivity contribution < 1.29 is 9.32 Å². The van der Waals surface area contributed by atoms with E-state index in [4.69, 9.17) is 4.52 Å². The van der Waals surface area contributed by atoms with E-state index in [1.807, 2.05) is 20.8 Å². The Labute approximate surface area is 124 Å². The lowest BCUT2D eigenvalue weighted by atomic mass is 10.2. The zero-order valence-electron chi connectivity index (χ0n) is 12.9. The number of rotatable bonds is 6. The molecule has 0 saturated carbocycles. The predicted octanol–water partition coefficient (Wildman–Crippen LogP) is 1.65. The van der Waals surface area contributed by atoms with Gasteiger partial charge in [0.15, 0.2) is 5.82 Å². The van der Waals surface area contributed by atoms with E-state index in [2.05, 4.69) is 15.1 Å². The standard InChI is InChI=1S/C14H21N5O2/c1-10(2)13-16-12(17-21-13)5-7-18(4)14(20)11(3)19-8-6-15-9-19/h6,8-11H,5,7H2,1-4H3. The van der Waals surface area contributed by atoms with Crippen molar-refractivity contribution in [1.82, 2.24) is 24.6 Å². The normalized spacial score (nSPS) is 12.6. The van der Waals surface area contributed by atoms with Gasteiger partial charge >= 0.3 is 0 Å². The van der Waals surface area contributed by atoms with Crippen molar-refractivity contribution >= 4 is 5.91 Å². The first-order chi connectivity index (χ1) is 9.99. The number of hydrogen-bond donors (Lipinski definition) is 0. The first kappa shape index (κ1) is 15.2. The Morgan fingerprint density at radius 2 is 2.19 bits per heavy atom. The number of imidazole rings is 1. The van der Waals surface area contributed by atoms with Crippen LogP contribution in [0.5, 0.6) is 0 Å². The van der Waals surface area contributed by atoms with Crippen molar-refractivity contribution in [2.45, 2.75) is 39.2 Å². The number of amides is 1. The molecule has 1 amide bonds. The van der Waals surface area contributed by atoms with Crippen LogP contribution in [-0.4, -0.2) is 44.1 Å². The summed E-state index contributed by atoms with van der Waals surface area (Å²) in [6, 6.07) is -0.269. The molecule has 0 aliphatic heterocycles. The Hall–Kier alpha value is -2.18. The van der Waals surface area contributed by atoms with Crippen LogP contribution in [0.25, 0.3) is 0 Å². The van der Waals surface area contributed by atoms with Gasteiger partial charge in [0.1, 0.15) is 6.04 Å². The van der Waals surface area contributed by atoms with Crippen LogP contribution in [-0.2, 0) is 11.2 Å². The summed E-state index contributed by atoms with van der Waals surface area (Å²) in [5.41, 5.74) is 0. The van der Waals surface area contributed by atoms with Crippen LogP contribution in [0, 0.1) is 0 Å². The van der Waals surface area contributed by atoms with Crippen LogP contribution in [0.4, 0.5) is 0 Å². The summed E-state index contributed by atoms with van der Waals surface area (Å²) in [5.74, 6) is 1.51. The monoisotopic (exact) mass is 291 g/mol. The van der Waals surface area contributed by atoms with Gasteiger partial charge in [-0.3, -0.25) is 4.79 Å². The number of likely N-dealkylation sites (N-methyl/N-ethyl adjacent to an activating group) is 1. The third-order valence-electron chi connectivity index (χ3n) is 3.35. The van der Waals surface area contributed by atoms with E-state index < -0.39 is 0 Å². The average molecular weight is 291 g/mol. The molecular weight excluding hydrogens is 270 g/mol. The van der Waals surface area contributed by atoms with Gasteiger partial charge in [-0.1, -0.05) is 19.0 Å². The van der Waals surface area contributed by atoms with E-state index in [-0.39, 0.29) is 17.9 Å². The maximum absolute atomic E-state index is 12.3. The maximum atomic E-state index is 12.3. The molecule has 0 N–H and O–H groups in total. The molecule has 0 spiro atoms. The fraction of sp³-hybridized carbons (Fsp3) is 0.571. The van der Waals surface area contributed by atoms with Gasteiger partial charge < -0.3 is 14.0 Å². The molecule has 21 heavy (non-hydrogen) atoms. The zero-order chi connectivity index (χ0) is 15.4. The number of hydrogen-bond acceptors (Lipinski definition) is 5. The molecule has 0 aliphatic carbocycles. The van der Waals surface area contributed by atoms with Crippen molar-refractivity contribution in [3.05, 3.63) is 30.4 Å². The SMILES string of the molecule is CC(C)c1nc(CCN(C)C(=O)C(C)n2ccnc2)no1. The largest absolute Gasteiger partial charge is 0.344 e. The third kappa shape index (κ3) is 3.68. The van der Waals surface area contributed by atoms with Crippen molar-refractivity contribution in [3.63, 3.8) is 0 Å². The maximum Gasteiger partial charge on any atom is 0.245 e. The van der Waals surface area contributed by atoms with Gasteiger partial charge in [0, 0.05) is 38.3 Å². The highest BCUT2D eigenvalue weighted by Gasteiger charge is 2.19.